The minimum absolute atomic E-state index is 0.0199. The highest BCUT2D eigenvalue weighted by molar-refractivity contribution is 7.18. The minimum Gasteiger partial charge on any atom is -0.486 e. The molecule has 0 atom stereocenters. The number of nitrogens with zero attached hydrogens (tertiary/aromatic N) is 2. The molecule has 0 spiro atoms. The van der Waals surface area contributed by atoms with Gasteiger partial charge in [-0.3, -0.25) is 19.5 Å². The third-order valence-electron chi connectivity index (χ3n) is 5.32. The Hall–Kier alpha value is -3.40. The van der Waals surface area contributed by atoms with Gasteiger partial charge in [-0.2, -0.15) is 0 Å². The fourth-order valence-electron chi connectivity index (χ4n) is 3.87. The molecule has 3 heterocycles. The highest BCUT2D eigenvalue weighted by Gasteiger charge is 2.21. The van der Waals surface area contributed by atoms with Crippen LogP contribution in [0.5, 0.6) is 11.5 Å². The van der Waals surface area contributed by atoms with Crippen LogP contribution in [0.4, 0.5) is 10.5 Å². The molecule has 0 saturated carbocycles. The summed E-state index contributed by atoms with van der Waals surface area (Å²) in [6.45, 7) is 1.07. The Bertz CT molecular complexity index is 1250. The van der Waals surface area contributed by atoms with Crippen LogP contribution in [-0.4, -0.2) is 34.7 Å². The van der Waals surface area contributed by atoms with Gasteiger partial charge in [-0.15, -0.1) is 11.3 Å². The molecule has 2 aliphatic rings. The van der Waals surface area contributed by atoms with Gasteiger partial charge in [-0.1, -0.05) is 0 Å². The van der Waals surface area contributed by atoms with Crippen LogP contribution in [0.1, 0.15) is 23.3 Å². The molecule has 3 aromatic rings. The first-order valence-corrected chi connectivity index (χ1v) is 10.9. The molecule has 9 nitrogen and oxygen atoms in total. The molecule has 0 unspecified atom stereocenters. The zero-order valence-corrected chi connectivity index (χ0v) is 17.4. The van der Waals surface area contributed by atoms with E-state index in [0.29, 0.717) is 35.8 Å². The predicted octanol–water partition coefficient (Wildman–Crippen LogP) is 2.46. The number of imide groups is 1. The van der Waals surface area contributed by atoms with Crippen molar-refractivity contribution in [2.75, 3.05) is 18.5 Å². The zero-order chi connectivity index (χ0) is 21.4. The van der Waals surface area contributed by atoms with E-state index in [2.05, 4.69) is 15.6 Å². The van der Waals surface area contributed by atoms with Crippen molar-refractivity contribution in [1.29, 1.82) is 0 Å². The molecule has 0 radical (unpaired) electrons. The summed E-state index contributed by atoms with van der Waals surface area (Å²) in [7, 11) is 0. The molecular formula is C21H20N4O5S. The number of amides is 3. The maximum Gasteiger partial charge on any atom is 0.325 e. The zero-order valence-electron chi connectivity index (χ0n) is 16.6. The molecule has 1 aliphatic carbocycles. The maximum atomic E-state index is 12.8. The largest absolute Gasteiger partial charge is 0.486 e. The van der Waals surface area contributed by atoms with E-state index in [9.17, 15) is 14.4 Å². The van der Waals surface area contributed by atoms with Gasteiger partial charge in [0.15, 0.2) is 11.5 Å². The Kier molecular flexibility index (Phi) is 5.06. The number of fused-ring (bicyclic) bond motifs is 4. The Morgan fingerprint density at radius 3 is 2.87 bits per heavy atom. The van der Waals surface area contributed by atoms with E-state index in [0.717, 1.165) is 29.7 Å². The summed E-state index contributed by atoms with van der Waals surface area (Å²) in [6, 6.07) is 4.34. The van der Waals surface area contributed by atoms with E-state index in [4.69, 9.17) is 9.47 Å². The molecule has 0 fully saturated rings. The van der Waals surface area contributed by atoms with Crippen molar-refractivity contribution in [3.05, 3.63) is 45.3 Å². The number of urea groups is 1. The number of thiophene rings is 1. The molecule has 1 aromatic carbocycles. The number of aryl methyl sites for hydroxylation is 3. The number of anilines is 1. The first-order chi connectivity index (χ1) is 15.1. The van der Waals surface area contributed by atoms with Crippen LogP contribution in [0.25, 0.3) is 10.2 Å². The topological polar surface area (TPSA) is 112 Å². The van der Waals surface area contributed by atoms with Crippen molar-refractivity contribution in [2.45, 2.75) is 32.2 Å². The molecule has 2 N–H and O–H groups in total. The van der Waals surface area contributed by atoms with Gasteiger partial charge in [-0.05, 0) is 37.0 Å². The van der Waals surface area contributed by atoms with E-state index in [1.165, 1.54) is 15.8 Å². The lowest BCUT2D eigenvalue weighted by Crippen LogP contribution is -2.35. The highest BCUT2D eigenvalue weighted by atomic mass is 32.1. The van der Waals surface area contributed by atoms with Gasteiger partial charge in [0.1, 0.15) is 18.0 Å². The monoisotopic (exact) mass is 440 g/mol. The number of aromatic nitrogens is 2. The number of ether oxygens (including phenoxy) is 2. The van der Waals surface area contributed by atoms with Crippen molar-refractivity contribution in [1.82, 2.24) is 14.9 Å². The van der Waals surface area contributed by atoms with Gasteiger partial charge in [0.05, 0.1) is 11.7 Å². The normalized spacial score (nSPS) is 14.3. The van der Waals surface area contributed by atoms with Gasteiger partial charge in [-0.25, -0.2) is 9.78 Å². The van der Waals surface area contributed by atoms with Crippen LogP contribution in [0.15, 0.2) is 29.3 Å². The van der Waals surface area contributed by atoms with Crippen LogP contribution in [0, 0.1) is 0 Å². The average molecular weight is 440 g/mol. The number of hydrogen-bond acceptors (Lipinski definition) is 7. The number of carbonyl (C=O) groups is 2. The van der Waals surface area contributed by atoms with Crippen LogP contribution in [0.3, 0.4) is 0 Å². The fourth-order valence-corrected chi connectivity index (χ4v) is 5.09. The van der Waals surface area contributed by atoms with Gasteiger partial charge >= 0.3 is 6.03 Å². The van der Waals surface area contributed by atoms with E-state index < -0.39 is 11.9 Å². The Balaban J connectivity index is 1.20. The molecule has 160 valence electrons. The van der Waals surface area contributed by atoms with Crippen molar-refractivity contribution in [2.24, 2.45) is 0 Å². The second-order valence-electron chi connectivity index (χ2n) is 7.39. The molecule has 10 heteroatoms. The summed E-state index contributed by atoms with van der Waals surface area (Å²) in [4.78, 5) is 43.6. The second kappa shape index (κ2) is 8.03. The average Bonchev–Trinajstić information content (AvgIpc) is 3.34. The predicted molar refractivity (Wildman–Crippen MR) is 115 cm³/mol. The van der Waals surface area contributed by atoms with E-state index in [1.54, 1.807) is 29.5 Å². The summed E-state index contributed by atoms with van der Waals surface area (Å²) in [6.07, 6.45) is 4.41. The fraction of sp³-hybridized carbons (Fsp3) is 0.333. The van der Waals surface area contributed by atoms with E-state index in [-0.39, 0.29) is 18.5 Å². The lowest BCUT2D eigenvalue weighted by Gasteiger charge is -2.19. The summed E-state index contributed by atoms with van der Waals surface area (Å²) < 4.78 is 12.4. The Morgan fingerprint density at radius 1 is 1.16 bits per heavy atom. The lowest BCUT2D eigenvalue weighted by molar-refractivity contribution is -0.120. The van der Waals surface area contributed by atoms with Gasteiger partial charge in [0, 0.05) is 29.6 Å². The lowest BCUT2D eigenvalue weighted by atomic mass is 10.2. The Morgan fingerprint density at radius 2 is 2.00 bits per heavy atom. The minimum atomic E-state index is -0.654. The van der Waals surface area contributed by atoms with Crippen molar-refractivity contribution >= 4 is 39.2 Å². The van der Waals surface area contributed by atoms with E-state index in [1.807, 2.05) is 0 Å². The molecule has 1 aliphatic heterocycles. The smallest absolute Gasteiger partial charge is 0.325 e. The first kappa shape index (κ1) is 19.6. The summed E-state index contributed by atoms with van der Waals surface area (Å²) in [5.41, 5.74) is 1.46. The number of benzene rings is 1. The third-order valence-corrected chi connectivity index (χ3v) is 6.52. The molecule has 5 rings (SSSR count). The van der Waals surface area contributed by atoms with Crippen LogP contribution < -0.4 is 25.7 Å². The van der Waals surface area contributed by atoms with Gasteiger partial charge < -0.3 is 14.8 Å². The second-order valence-corrected chi connectivity index (χ2v) is 8.47. The quantitative estimate of drug-likeness (QED) is 0.645. The Labute approximate surface area is 181 Å². The third kappa shape index (κ3) is 3.86. The molecule has 0 saturated heterocycles. The van der Waals surface area contributed by atoms with Crippen LogP contribution in [0.2, 0.25) is 0 Å². The molecule has 0 bridgehead atoms. The molecule has 2 aromatic heterocycles. The summed E-state index contributed by atoms with van der Waals surface area (Å²) in [5, 5.41) is 5.55. The van der Waals surface area contributed by atoms with Crippen molar-refractivity contribution in [3.63, 3.8) is 0 Å². The van der Waals surface area contributed by atoms with Crippen molar-refractivity contribution < 1.29 is 19.1 Å². The van der Waals surface area contributed by atoms with Crippen molar-refractivity contribution in [3.8, 4) is 11.5 Å². The number of hydrogen-bond donors (Lipinski definition) is 2. The molecular weight excluding hydrogens is 420 g/mol. The highest BCUT2D eigenvalue weighted by Crippen LogP contribution is 2.34. The van der Waals surface area contributed by atoms with E-state index >= 15 is 0 Å². The summed E-state index contributed by atoms with van der Waals surface area (Å²) >= 11 is 1.58. The standard InChI is InChI=1S/C21H20N4O5S/c26-17(24-21(28)23-12-4-5-14-15(10-12)30-9-8-29-14)6-7-25-11-22-19-18(20(25)27)13-2-1-3-16(13)31-19/h4-5,10-11H,1-3,6-9H2,(H2,23,24,26,28). The molecule has 3 amide bonds. The van der Waals surface area contributed by atoms with Crippen LogP contribution >= 0.6 is 11.3 Å². The van der Waals surface area contributed by atoms with Gasteiger partial charge in [0.25, 0.3) is 5.56 Å². The maximum absolute atomic E-state index is 12.8. The number of carbonyl (C=O) groups excluding carboxylic acids is 2. The van der Waals surface area contributed by atoms with Crippen LogP contribution in [-0.2, 0) is 24.2 Å². The molecule has 31 heavy (non-hydrogen) atoms. The number of rotatable bonds is 4. The first-order valence-electron chi connectivity index (χ1n) is 10.1. The number of nitrogens with one attached hydrogen (secondary N) is 2. The SMILES string of the molecule is O=C(CCn1cnc2sc3c(c2c1=O)CCC3)NC(=O)Nc1ccc2c(c1)OCCO2. The summed E-state index contributed by atoms with van der Waals surface area (Å²) in [5.74, 6) is 0.663. The van der Waals surface area contributed by atoms with Gasteiger partial charge in [0.2, 0.25) is 5.91 Å².